The van der Waals surface area contributed by atoms with Gasteiger partial charge in [0, 0.05) is 19.2 Å². The SMILES string of the molecule is OCCCN1CCC[C@@H]1Cc1ccccc1. The summed E-state index contributed by atoms with van der Waals surface area (Å²) in [5, 5.41) is 8.88. The van der Waals surface area contributed by atoms with E-state index in [1.54, 1.807) is 0 Å². The van der Waals surface area contributed by atoms with Gasteiger partial charge in [0.05, 0.1) is 0 Å². The highest BCUT2D eigenvalue weighted by atomic mass is 16.3. The Labute approximate surface area is 97.9 Å². The van der Waals surface area contributed by atoms with Gasteiger partial charge in [0.1, 0.15) is 0 Å². The highest BCUT2D eigenvalue weighted by Gasteiger charge is 2.23. The molecule has 1 atom stereocenters. The molecule has 1 aliphatic heterocycles. The summed E-state index contributed by atoms with van der Waals surface area (Å²) in [5.74, 6) is 0. The van der Waals surface area contributed by atoms with Gasteiger partial charge in [-0.1, -0.05) is 30.3 Å². The second-order valence-electron chi connectivity index (χ2n) is 4.60. The smallest absolute Gasteiger partial charge is 0.0443 e. The Balaban J connectivity index is 1.88. The van der Waals surface area contributed by atoms with Crippen molar-refractivity contribution in [1.82, 2.24) is 4.90 Å². The molecule has 2 heteroatoms. The predicted molar refractivity (Wildman–Crippen MR) is 66.4 cm³/mol. The first-order valence-electron chi connectivity index (χ1n) is 6.29. The van der Waals surface area contributed by atoms with Crippen LogP contribution in [0.4, 0.5) is 0 Å². The van der Waals surface area contributed by atoms with Gasteiger partial charge in [-0.25, -0.2) is 0 Å². The van der Waals surface area contributed by atoms with Crippen LogP contribution in [0.2, 0.25) is 0 Å². The van der Waals surface area contributed by atoms with Crippen LogP contribution in [0.15, 0.2) is 30.3 Å². The summed E-state index contributed by atoms with van der Waals surface area (Å²) in [5.41, 5.74) is 1.43. The molecule has 0 saturated carbocycles. The molecule has 1 saturated heterocycles. The number of benzene rings is 1. The first-order valence-corrected chi connectivity index (χ1v) is 6.29. The van der Waals surface area contributed by atoms with Crippen molar-refractivity contribution in [3.63, 3.8) is 0 Å². The third-order valence-corrected chi connectivity index (χ3v) is 3.42. The normalized spacial score (nSPS) is 21.4. The number of rotatable bonds is 5. The molecule has 0 radical (unpaired) electrons. The van der Waals surface area contributed by atoms with Crippen LogP contribution in [0.1, 0.15) is 24.8 Å². The van der Waals surface area contributed by atoms with E-state index in [9.17, 15) is 0 Å². The summed E-state index contributed by atoms with van der Waals surface area (Å²) in [7, 11) is 0. The van der Waals surface area contributed by atoms with Crippen molar-refractivity contribution < 1.29 is 5.11 Å². The van der Waals surface area contributed by atoms with Crippen molar-refractivity contribution in [3.05, 3.63) is 35.9 Å². The number of aliphatic hydroxyl groups is 1. The average Bonchev–Trinajstić information content (AvgIpc) is 2.75. The van der Waals surface area contributed by atoms with Gasteiger partial charge in [-0.3, -0.25) is 4.90 Å². The number of hydrogen-bond acceptors (Lipinski definition) is 2. The zero-order valence-corrected chi connectivity index (χ0v) is 9.81. The van der Waals surface area contributed by atoms with E-state index in [0.717, 1.165) is 19.4 Å². The van der Waals surface area contributed by atoms with E-state index < -0.39 is 0 Å². The highest BCUT2D eigenvalue weighted by molar-refractivity contribution is 5.16. The van der Waals surface area contributed by atoms with Gasteiger partial charge in [-0.2, -0.15) is 0 Å². The first kappa shape index (κ1) is 11.6. The summed E-state index contributed by atoms with van der Waals surface area (Å²) >= 11 is 0. The molecular weight excluding hydrogens is 198 g/mol. The lowest BCUT2D eigenvalue weighted by Gasteiger charge is -2.24. The van der Waals surface area contributed by atoms with Gasteiger partial charge in [0.2, 0.25) is 0 Å². The minimum atomic E-state index is 0.314. The van der Waals surface area contributed by atoms with E-state index in [2.05, 4.69) is 35.2 Å². The molecule has 2 nitrogen and oxygen atoms in total. The second kappa shape index (κ2) is 6.02. The van der Waals surface area contributed by atoms with Crippen molar-refractivity contribution in [3.8, 4) is 0 Å². The minimum Gasteiger partial charge on any atom is -0.396 e. The predicted octanol–water partition coefficient (Wildman–Crippen LogP) is 2.08. The largest absolute Gasteiger partial charge is 0.396 e. The number of likely N-dealkylation sites (tertiary alicyclic amines) is 1. The maximum Gasteiger partial charge on any atom is 0.0443 e. The van der Waals surface area contributed by atoms with Gasteiger partial charge in [0.25, 0.3) is 0 Å². The second-order valence-corrected chi connectivity index (χ2v) is 4.60. The Bertz CT molecular complexity index is 299. The van der Waals surface area contributed by atoms with Crippen LogP contribution in [-0.2, 0) is 6.42 Å². The molecule has 0 aliphatic carbocycles. The number of aliphatic hydroxyl groups excluding tert-OH is 1. The monoisotopic (exact) mass is 219 g/mol. The van der Waals surface area contributed by atoms with Crippen molar-refractivity contribution in [1.29, 1.82) is 0 Å². The van der Waals surface area contributed by atoms with Crippen LogP contribution < -0.4 is 0 Å². The molecule has 1 N–H and O–H groups in total. The Morgan fingerprint density at radius 2 is 2.06 bits per heavy atom. The van der Waals surface area contributed by atoms with Gasteiger partial charge in [-0.15, -0.1) is 0 Å². The first-order chi connectivity index (χ1) is 7.90. The Kier molecular flexibility index (Phi) is 4.37. The Morgan fingerprint density at radius 3 is 2.81 bits per heavy atom. The fourth-order valence-corrected chi connectivity index (χ4v) is 2.58. The van der Waals surface area contributed by atoms with Crippen molar-refractivity contribution in [2.45, 2.75) is 31.7 Å². The zero-order valence-electron chi connectivity index (χ0n) is 9.81. The molecule has 2 rings (SSSR count). The Morgan fingerprint density at radius 1 is 1.25 bits per heavy atom. The quantitative estimate of drug-likeness (QED) is 0.819. The van der Waals surface area contributed by atoms with Crippen LogP contribution >= 0.6 is 0 Å². The summed E-state index contributed by atoms with van der Waals surface area (Å²) in [6.45, 7) is 2.57. The molecule has 1 aliphatic rings. The fourth-order valence-electron chi connectivity index (χ4n) is 2.58. The van der Waals surface area contributed by atoms with Crippen LogP contribution in [0.5, 0.6) is 0 Å². The van der Waals surface area contributed by atoms with Crippen molar-refractivity contribution in [2.24, 2.45) is 0 Å². The lowest BCUT2D eigenvalue weighted by Crippen LogP contribution is -2.32. The minimum absolute atomic E-state index is 0.314. The number of hydrogen-bond donors (Lipinski definition) is 1. The van der Waals surface area contributed by atoms with Crippen LogP contribution in [0.3, 0.4) is 0 Å². The van der Waals surface area contributed by atoms with E-state index >= 15 is 0 Å². The summed E-state index contributed by atoms with van der Waals surface area (Å²) in [4.78, 5) is 2.53. The van der Waals surface area contributed by atoms with Gasteiger partial charge < -0.3 is 5.11 Å². The molecule has 0 amide bonds. The standard InChI is InChI=1S/C14H21NO/c16-11-5-10-15-9-4-8-14(15)12-13-6-2-1-3-7-13/h1-3,6-7,14,16H,4-5,8-12H2/t14-/m1/s1. The fraction of sp³-hybridized carbons (Fsp3) is 0.571. The van der Waals surface area contributed by atoms with Crippen molar-refractivity contribution in [2.75, 3.05) is 19.7 Å². The van der Waals surface area contributed by atoms with Crippen LogP contribution in [0, 0.1) is 0 Å². The topological polar surface area (TPSA) is 23.5 Å². The van der Waals surface area contributed by atoms with E-state index in [1.165, 1.54) is 24.9 Å². The maximum atomic E-state index is 8.88. The lowest BCUT2D eigenvalue weighted by molar-refractivity contribution is 0.212. The lowest BCUT2D eigenvalue weighted by atomic mass is 10.0. The molecule has 0 aromatic heterocycles. The molecular formula is C14H21NO. The van der Waals surface area contributed by atoms with Crippen LogP contribution in [0.25, 0.3) is 0 Å². The van der Waals surface area contributed by atoms with Crippen molar-refractivity contribution >= 4 is 0 Å². The van der Waals surface area contributed by atoms with Gasteiger partial charge >= 0.3 is 0 Å². The van der Waals surface area contributed by atoms with Gasteiger partial charge in [0.15, 0.2) is 0 Å². The zero-order chi connectivity index (χ0) is 11.2. The highest BCUT2D eigenvalue weighted by Crippen LogP contribution is 2.21. The molecule has 0 bridgehead atoms. The molecule has 0 spiro atoms. The molecule has 88 valence electrons. The molecule has 1 fully saturated rings. The average molecular weight is 219 g/mol. The Hall–Kier alpha value is -0.860. The molecule has 16 heavy (non-hydrogen) atoms. The third kappa shape index (κ3) is 3.06. The molecule has 1 aromatic rings. The summed E-state index contributed by atoms with van der Waals surface area (Å²) in [6.07, 6.45) is 4.68. The molecule has 1 aromatic carbocycles. The number of nitrogens with zero attached hydrogens (tertiary/aromatic N) is 1. The summed E-state index contributed by atoms with van der Waals surface area (Å²) in [6, 6.07) is 11.4. The molecule has 0 unspecified atom stereocenters. The summed E-state index contributed by atoms with van der Waals surface area (Å²) < 4.78 is 0. The van der Waals surface area contributed by atoms with E-state index in [1.807, 2.05) is 0 Å². The third-order valence-electron chi connectivity index (χ3n) is 3.42. The molecule has 1 heterocycles. The van der Waals surface area contributed by atoms with E-state index in [-0.39, 0.29) is 0 Å². The van der Waals surface area contributed by atoms with E-state index in [4.69, 9.17) is 5.11 Å². The van der Waals surface area contributed by atoms with Crippen LogP contribution in [-0.4, -0.2) is 35.7 Å². The maximum absolute atomic E-state index is 8.88. The van der Waals surface area contributed by atoms with Gasteiger partial charge in [-0.05, 0) is 37.8 Å². The van der Waals surface area contributed by atoms with E-state index in [0.29, 0.717) is 12.6 Å².